The molecule has 2 fully saturated rings. The van der Waals surface area contributed by atoms with Gasteiger partial charge in [0.2, 0.25) is 5.91 Å². The van der Waals surface area contributed by atoms with Crippen LogP contribution in [-0.2, 0) is 4.79 Å². The summed E-state index contributed by atoms with van der Waals surface area (Å²) in [5.41, 5.74) is 8.92. The van der Waals surface area contributed by atoms with Crippen molar-refractivity contribution in [2.75, 3.05) is 17.2 Å². The molecule has 1 saturated heterocycles. The summed E-state index contributed by atoms with van der Waals surface area (Å²) in [6.45, 7) is 2.93. The number of carbonyl (C=O) groups excluding carboxylic acids is 2. The summed E-state index contributed by atoms with van der Waals surface area (Å²) in [4.78, 5) is 25.0. The van der Waals surface area contributed by atoms with Crippen LogP contribution in [-0.4, -0.2) is 24.5 Å². The van der Waals surface area contributed by atoms with Gasteiger partial charge in [-0.2, -0.15) is 0 Å². The normalized spacial score (nSPS) is 23.8. The second-order valence-electron chi connectivity index (χ2n) is 8.15. The first-order chi connectivity index (χ1) is 14.6. The molecule has 1 heterocycles. The maximum Gasteiger partial charge on any atom is 0.323 e. The van der Waals surface area contributed by atoms with E-state index in [1.165, 1.54) is 6.42 Å². The molecule has 1 aliphatic heterocycles. The molecule has 2 aromatic rings. The summed E-state index contributed by atoms with van der Waals surface area (Å²) in [5, 5.41) is 8.78. The zero-order chi connectivity index (χ0) is 20.9. The standard InChI is InChI=1S/C23H29N5O2/c1-15(25-22(29)20-9-5-6-17-14-24-28-21(17)20)16-10-12-19(13-11-16)27-23(30)26-18-7-3-2-4-8-18/h2-4,7-8,10-13,15,17,20-21,24,28H,5-6,9,14H2,1H3,(H,25,29)(H2,26,27,30). The molecule has 0 spiro atoms. The maximum absolute atomic E-state index is 12.9. The van der Waals surface area contributed by atoms with E-state index in [0.29, 0.717) is 11.6 Å². The molecule has 0 radical (unpaired) electrons. The van der Waals surface area contributed by atoms with Gasteiger partial charge in [-0.25, -0.2) is 4.79 Å². The van der Waals surface area contributed by atoms with E-state index in [4.69, 9.17) is 0 Å². The number of anilines is 2. The first-order valence-corrected chi connectivity index (χ1v) is 10.6. The van der Waals surface area contributed by atoms with Crippen LogP contribution < -0.4 is 26.8 Å². The zero-order valence-corrected chi connectivity index (χ0v) is 17.2. The highest BCUT2D eigenvalue weighted by Crippen LogP contribution is 2.32. The van der Waals surface area contributed by atoms with Crippen LogP contribution in [0.4, 0.5) is 16.2 Å². The van der Waals surface area contributed by atoms with Gasteiger partial charge in [-0.15, -0.1) is 0 Å². The summed E-state index contributed by atoms with van der Waals surface area (Å²) in [5.74, 6) is 0.652. The number of hydrazine groups is 1. The van der Waals surface area contributed by atoms with E-state index < -0.39 is 0 Å². The van der Waals surface area contributed by atoms with Crippen LogP contribution in [0.3, 0.4) is 0 Å². The van der Waals surface area contributed by atoms with Crippen molar-refractivity contribution in [1.82, 2.24) is 16.2 Å². The lowest BCUT2D eigenvalue weighted by Gasteiger charge is -2.32. The van der Waals surface area contributed by atoms with Crippen LogP contribution in [0.25, 0.3) is 0 Å². The highest BCUT2D eigenvalue weighted by atomic mass is 16.2. The topological polar surface area (TPSA) is 94.3 Å². The molecule has 1 saturated carbocycles. The first kappa shape index (κ1) is 20.4. The molecule has 5 N–H and O–H groups in total. The molecule has 3 amide bonds. The third-order valence-corrected chi connectivity index (χ3v) is 6.06. The summed E-state index contributed by atoms with van der Waals surface area (Å²) in [6.07, 6.45) is 3.20. The molecule has 2 aromatic carbocycles. The third-order valence-electron chi connectivity index (χ3n) is 6.06. The highest BCUT2D eigenvalue weighted by Gasteiger charge is 2.40. The quantitative estimate of drug-likeness (QED) is 0.525. The average molecular weight is 408 g/mol. The lowest BCUT2D eigenvalue weighted by Crippen LogP contribution is -2.48. The molecular weight excluding hydrogens is 378 g/mol. The summed E-state index contributed by atoms with van der Waals surface area (Å²) in [7, 11) is 0. The molecule has 30 heavy (non-hydrogen) atoms. The Bertz CT molecular complexity index is 871. The number of amides is 3. The molecule has 1 aliphatic carbocycles. The molecule has 7 heteroatoms. The van der Waals surface area contributed by atoms with Gasteiger partial charge in [0, 0.05) is 24.0 Å². The first-order valence-electron chi connectivity index (χ1n) is 10.6. The number of hydrogen-bond acceptors (Lipinski definition) is 4. The Morgan fingerprint density at radius 3 is 2.40 bits per heavy atom. The molecule has 0 aromatic heterocycles. The van der Waals surface area contributed by atoms with Crippen molar-refractivity contribution in [1.29, 1.82) is 0 Å². The van der Waals surface area contributed by atoms with Gasteiger partial charge in [0.05, 0.1) is 12.0 Å². The van der Waals surface area contributed by atoms with Gasteiger partial charge in [0.25, 0.3) is 0 Å². The number of hydrogen-bond donors (Lipinski definition) is 5. The average Bonchev–Trinajstić information content (AvgIpc) is 3.23. The number of fused-ring (bicyclic) bond motifs is 1. The second-order valence-corrected chi connectivity index (χ2v) is 8.15. The third kappa shape index (κ3) is 4.80. The van der Waals surface area contributed by atoms with E-state index in [9.17, 15) is 9.59 Å². The number of para-hydroxylation sites is 1. The lowest BCUT2D eigenvalue weighted by molar-refractivity contribution is -0.127. The Morgan fingerprint density at radius 2 is 1.67 bits per heavy atom. The molecule has 158 valence electrons. The van der Waals surface area contributed by atoms with Crippen LogP contribution in [0.15, 0.2) is 54.6 Å². The predicted molar refractivity (Wildman–Crippen MR) is 118 cm³/mol. The lowest BCUT2D eigenvalue weighted by atomic mass is 9.77. The Kier molecular flexibility index (Phi) is 6.30. The highest BCUT2D eigenvalue weighted by molar-refractivity contribution is 5.99. The van der Waals surface area contributed by atoms with Crippen LogP contribution in [0.5, 0.6) is 0 Å². The molecule has 4 unspecified atom stereocenters. The van der Waals surface area contributed by atoms with Gasteiger partial charge < -0.3 is 16.0 Å². The number of urea groups is 1. The summed E-state index contributed by atoms with van der Waals surface area (Å²) >= 11 is 0. The Balaban J connectivity index is 1.31. The van der Waals surface area contributed by atoms with Crippen LogP contribution in [0.1, 0.15) is 37.8 Å². The van der Waals surface area contributed by atoms with Gasteiger partial charge in [-0.1, -0.05) is 36.8 Å². The van der Waals surface area contributed by atoms with Gasteiger partial charge in [0.15, 0.2) is 0 Å². The fourth-order valence-corrected chi connectivity index (χ4v) is 4.41. The van der Waals surface area contributed by atoms with Crippen LogP contribution in [0.2, 0.25) is 0 Å². The minimum atomic E-state index is -0.292. The largest absolute Gasteiger partial charge is 0.349 e. The van der Waals surface area contributed by atoms with Gasteiger partial charge >= 0.3 is 6.03 Å². The van der Waals surface area contributed by atoms with Crippen molar-refractivity contribution in [2.45, 2.75) is 38.3 Å². The van der Waals surface area contributed by atoms with E-state index in [1.54, 1.807) is 0 Å². The second kappa shape index (κ2) is 9.28. The van der Waals surface area contributed by atoms with Gasteiger partial charge in [-0.3, -0.25) is 15.6 Å². The van der Waals surface area contributed by atoms with Gasteiger partial charge in [-0.05, 0) is 55.5 Å². The van der Waals surface area contributed by atoms with E-state index in [0.717, 1.165) is 30.6 Å². The smallest absolute Gasteiger partial charge is 0.323 e. The number of carbonyl (C=O) groups is 2. The molecule has 7 nitrogen and oxygen atoms in total. The van der Waals surface area contributed by atoms with Crippen molar-refractivity contribution < 1.29 is 9.59 Å². The molecule has 0 bridgehead atoms. The predicted octanol–water partition coefficient (Wildman–Crippen LogP) is 3.40. The molecule has 4 rings (SSSR count). The SMILES string of the molecule is CC(NC(=O)C1CCCC2CNNC21)c1ccc(NC(=O)Nc2ccccc2)cc1. The van der Waals surface area contributed by atoms with Crippen LogP contribution >= 0.6 is 0 Å². The summed E-state index contributed by atoms with van der Waals surface area (Å²) < 4.78 is 0. The zero-order valence-electron chi connectivity index (χ0n) is 17.2. The van der Waals surface area contributed by atoms with E-state index in [1.807, 2.05) is 61.5 Å². The summed E-state index contributed by atoms with van der Waals surface area (Å²) in [6, 6.07) is 16.7. The van der Waals surface area contributed by atoms with Crippen molar-refractivity contribution in [3.63, 3.8) is 0 Å². The number of rotatable bonds is 5. The van der Waals surface area contributed by atoms with Crippen molar-refractivity contribution >= 4 is 23.3 Å². The van der Waals surface area contributed by atoms with Crippen LogP contribution in [0, 0.1) is 11.8 Å². The number of benzene rings is 2. The van der Waals surface area contributed by atoms with E-state index >= 15 is 0 Å². The Morgan fingerprint density at radius 1 is 0.967 bits per heavy atom. The van der Waals surface area contributed by atoms with E-state index in [-0.39, 0.29) is 29.9 Å². The fraction of sp³-hybridized carbons (Fsp3) is 0.391. The molecule has 2 aliphatic rings. The number of nitrogens with one attached hydrogen (secondary N) is 5. The minimum Gasteiger partial charge on any atom is -0.349 e. The maximum atomic E-state index is 12.9. The fourth-order valence-electron chi connectivity index (χ4n) is 4.41. The van der Waals surface area contributed by atoms with Crippen molar-refractivity contribution in [3.8, 4) is 0 Å². The van der Waals surface area contributed by atoms with Crippen molar-refractivity contribution in [2.24, 2.45) is 11.8 Å². The van der Waals surface area contributed by atoms with Gasteiger partial charge in [0.1, 0.15) is 0 Å². The van der Waals surface area contributed by atoms with Crippen molar-refractivity contribution in [3.05, 3.63) is 60.2 Å². The molecular formula is C23H29N5O2. The monoisotopic (exact) mass is 407 g/mol. The molecule has 4 atom stereocenters. The Labute approximate surface area is 177 Å². The van der Waals surface area contributed by atoms with E-state index in [2.05, 4.69) is 26.8 Å². The Hall–Kier alpha value is -2.90. The minimum absolute atomic E-state index is 0.00354.